The van der Waals surface area contributed by atoms with Crippen molar-refractivity contribution in [3.05, 3.63) is 53.6 Å². The molecule has 0 aromatic heterocycles. The van der Waals surface area contributed by atoms with Gasteiger partial charge in [-0.3, -0.25) is 0 Å². The number of anilines is 1. The normalized spacial score (nSPS) is 16.6. The Morgan fingerprint density at radius 1 is 1.08 bits per heavy atom. The van der Waals surface area contributed by atoms with Crippen LogP contribution in [0.25, 0.3) is 0 Å². The maximum Gasteiger partial charge on any atom is 0.322 e. The average molecular weight is 340 g/mol. The van der Waals surface area contributed by atoms with Crippen LogP contribution < -0.4 is 14.8 Å². The first-order chi connectivity index (χ1) is 12.1. The number of benzene rings is 2. The van der Waals surface area contributed by atoms with Crippen molar-refractivity contribution in [3.8, 4) is 11.5 Å². The van der Waals surface area contributed by atoms with E-state index in [1.807, 2.05) is 11.0 Å². The number of hydrogen-bond donors (Lipinski definition) is 1. The first-order valence-electron chi connectivity index (χ1n) is 8.48. The minimum absolute atomic E-state index is 0.0877. The number of carbonyl (C=O) groups excluding carboxylic acids is 1. The van der Waals surface area contributed by atoms with Crippen LogP contribution in [0.3, 0.4) is 0 Å². The highest BCUT2D eigenvalue weighted by Crippen LogP contribution is 2.34. The van der Waals surface area contributed by atoms with Crippen molar-refractivity contribution < 1.29 is 14.3 Å². The number of hydrogen-bond acceptors (Lipinski definition) is 3. The number of nitrogens with zero attached hydrogens (tertiary/aromatic N) is 1. The Morgan fingerprint density at radius 2 is 1.80 bits per heavy atom. The Hall–Kier alpha value is -2.69. The summed E-state index contributed by atoms with van der Waals surface area (Å²) in [5.41, 5.74) is 3.10. The summed E-state index contributed by atoms with van der Waals surface area (Å²) in [5, 5.41) is 2.97. The number of aryl methyl sites for hydroxylation is 1. The summed E-state index contributed by atoms with van der Waals surface area (Å²) in [6.45, 7) is 2.83. The van der Waals surface area contributed by atoms with Crippen molar-refractivity contribution >= 4 is 11.7 Å². The Bertz CT molecular complexity index is 743. The zero-order chi connectivity index (χ0) is 17.8. The minimum Gasteiger partial charge on any atom is -0.493 e. The topological polar surface area (TPSA) is 50.8 Å². The molecule has 25 heavy (non-hydrogen) atoms. The van der Waals surface area contributed by atoms with E-state index in [2.05, 4.69) is 36.5 Å². The third kappa shape index (κ3) is 3.71. The highest BCUT2D eigenvalue weighted by atomic mass is 16.5. The fourth-order valence-corrected chi connectivity index (χ4v) is 3.25. The number of rotatable bonds is 4. The van der Waals surface area contributed by atoms with Crippen LogP contribution in [-0.2, 0) is 0 Å². The Balaban J connectivity index is 1.75. The molecule has 0 spiro atoms. The van der Waals surface area contributed by atoms with Crippen LogP contribution in [0.1, 0.15) is 30.0 Å². The van der Waals surface area contributed by atoms with Gasteiger partial charge in [-0.2, -0.15) is 0 Å². The van der Waals surface area contributed by atoms with Gasteiger partial charge < -0.3 is 19.7 Å². The number of carbonyl (C=O) groups is 1. The zero-order valence-corrected chi connectivity index (χ0v) is 14.9. The van der Waals surface area contributed by atoms with Crippen LogP contribution in [0.5, 0.6) is 11.5 Å². The second-order valence-electron chi connectivity index (χ2n) is 6.26. The molecule has 3 rings (SSSR count). The molecule has 5 nitrogen and oxygen atoms in total. The van der Waals surface area contributed by atoms with E-state index >= 15 is 0 Å². The molecule has 1 unspecified atom stereocenters. The van der Waals surface area contributed by atoms with Gasteiger partial charge in [0, 0.05) is 18.3 Å². The molecule has 5 heteroatoms. The van der Waals surface area contributed by atoms with E-state index in [-0.39, 0.29) is 12.1 Å². The van der Waals surface area contributed by atoms with Crippen molar-refractivity contribution in [2.75, 3.05) is 26.1 Å². The molecule has 132 valence electrons. The van der Waals surface area contributed by atoms with Gasteiger partial charge in [0.1, 0.15) is 0 Å². The number of nitrogens with one attached hydrogen (secondary N) is 1. The van der Waals surface area contributed by atoms with Crippen LogP contribution in [0, 0.1) is 6.92 Å². The second-order valence-corrected chi connectivity index (χ2v) is 6.26. The maximum atomic E-state index is 12.8. The molecule has 1 saturated heterocycles. The molecule has 2 aromatic rings. The predicted molar refractivity (Wildman–Crippen MR) is 98.4 cm³/mol. The third-order valence-corrected chi connectivity index (χ3v) is 4.61. The van der Waals surface area contributed by atoms with E-state index < -0.39 is 0 Å². The summed E-state index contributed by atoms with van der Waals surface area (Å²) < 4.78 is 10.5. The number of methoxy groups -OCH3 is 2. The van der Waals surface area contributed by atoms with Crippen LogP contribution >= 0.6 is 0 Å². The van der Waals surface area contributed by atoms with E-state index in [4.69, 9.17) is 9.47 Å². The van der Waals surface area contributed by atoms with E-state index in [9.17, 15) is 4.79 Å². The van der Waals surface area contributed by atoms with Crippen LogP contribution in [-0.4, -0.2) is 31.7 Å². The monoisotopic (exact) mass is 340 g/mol. The number of ether oxygens (including phenoxy) is 2. The quantitative estimate of drug-likeness (QED) is 0.898. The second kappa shape index (κ2) is 7.47. The molecule has 0 radical (unpaired) electrons. The number of amides is 2. The largest absolute Gasteiger partial charge is 0.493 e. The summed E-state index contributed by atoms with van der Waals surface area (Å²) in [7, 11) is 3.17. The van der Waals surface area contributed by atoms with Crippen molar-refractivity contribution in [1.82, 2.24) is 4.90 Å². The van der Waals surface area contributed by atoms with Crippen LogP contribution in [0.4, 0.5) is 10.5 Å². The van der Waals surface area contributed by atoms with E-state index in [0.29, 0.717) is 17.2 Å². The third-order valence-electron chi connectivity index (χ3n) is 4.61. The maximum absolute atomic E-state index is 12.8. The molecule has 1 heterocycles. The molecular weight excluding hydrogens is 316 g/mol. The summed E-state index contributed by atoms with van der Waals surface area (Å²) >= 11 is 0. The molecule has 1 aliphatic rings. The first-order valence-corrected chi connectivity index (χ1v) is 8.48. The lowest BCUT2D eigenvalue weighted by Gasteiger charge is -2.25. The predicted octanol–water partition coefficient (Wildman–Crippen LogP) is 4.38. The molecule has 0 bridgehead atoms. The standard InChI is InChI=1S/C20H24N2O3/c1-14-6-8-15(9-7-14)17-5-4-12-22(17)20(23)21-16-10-11-18(24-2)19(13-16)25-3/h6-11,13,17H,4-5,12H2,1-3H3,(H,21,23). The Morgan fingerprint density at radius 3 is 2.48 bits per heavy atom. The molecule has 0 aliphatic carbocycles. The highest BCUT2D eigenvalue weighted by Gasteiger charge is 2.30. The van der Waals surface area contributed by atoms with Crippen LogP contribution in [0.15, 0.2) is 42.5 Å². The van der Waals surface area contributed by atoms with Gasteiger partial charge >= 0.3 is 6.03 Å². The van der Waals surface area contributed by atoms with Gasteiger partial charge in [0.05, 0.1) is 20.3 Å². The van der Waals surface area contributed by atoms with Crippen LogP contribution in [0.2, 0.25) is 0 Å². The molecule has 2 amide bonds. The Labute approximate surface area is 148 Å². The van der Waals surface area contributed by atoms with E-state index in [1.165, 1.54) is 11.1 Å². The van der Waals surface area contributed by atoms with Gasteiger partial charge in [0.2, 0.25) is 0 Å². The summed E-state index contributed by atoms with van der Waals surface area (Å²) in [6, 6.07) is 13.8. The highest BCUT2D eigenvalue weighted by molar-refractivity contribution is 5.90. The average Bonchev–Trinajstić information content (AvgIpc) is 3.12. The smallest absolute Gasteiger partial charge is 0.322 e. The minimum atomic E-state index is -0.0877. The van der Waals surface area contributed by atoms with Gasteiger partial charge in [0.15, 0.2) is 11.5 Å². The fraction of sp³-hybridized carbons (Fsp3) is 0.350. The number of urea groups is 1. The lowest BCUT2D eigenvalue weighted by molar-refractivity contribution is 0.207. The van der Waals surface area contributed by atoms with Crippen molar-refractivity contribution in [3.63, 3.8) is 0 Å². The molecule has 0 saturated carbocycles. The van der Waals surface area contributed by atoms with Gasteiger partial charge in [-0.05, 0) is 37.5 Å². The molecule has 1 atom stereocenters. The first kappa shape index (κ1) is 17.1. The Kier molecular flexibility index (Phi) is 5.12. The molecular formula is C20H24N2O3. The lowest BCUT2D eigenvalue weighted by atomic mass is 10.0. The van der Waals surface area contributed by atoms with Gasteiger partial charge in [-0.15, -0.1) is 0 Å². The lowest BCUT2D eigenvalue weighted by Crippen LogP contribution is -2.34. The zero-order valence-electron chi connectivity index (χ0n) is 14.9. The van der Waals surface area contributed by atoms with Gasteiger partial charge in [-0.25, -0.2) is 4.79 Å². The molecule has 1 fully saturated rings. The van der Waals surface area contributed by atoms with E-state index in [0.717, 1.165) is 19.4 Å². The summed E-state index contributed by atoms with van der Waals surface area (Å²) in [5.74, 6) is 1.23. The SMILES string of the molecule is COc1ccc(NC(=O)N2CCCC2c2ccc(C)cc2)cc1OC. The van der Waals surface area contributed by atoms with Crippen molar-refractivity contribution in [2.24, 2.45) is 0 Å². The van der Waals surface area contributed by atoms with Crippen molar-refractivity contribution in [1.29, 1.82) is 0 Å². The summed E-state index contributed by atoms with van der Waals surface area (Å²) in [6.07, 6.45) is 2.00. The molecule has 1 N–H and O–H groups in total. The van der Waals surface area contributed by atoms with Gasteiger partial charge in [-0.1, -0.05) is 29.8 Å². The van der Waals surface area contributed by atoms with Crippen molar-refractivity contribution in [2.45, 2.75) is 25.8 Å². The fourth-order valence-electron chi connectivity index (χ4n) is 3.25. The molecule has 1 aliphatic heterocycles. The molecule has 2 aromatic carbocycles. The summed E-state index contributed by atoms with van der Waals surface area (Å²) in [4.78, 5) is 14.7. The van der Waals surface area contributed by atoms with Gasteiger partial charge in [0.25, 0.3) is 0 Å². The number of likely N-dealkylation sites (tertiary alicyclic amines) is 1. The van der Waals surface area contributed by atoms with E-state index in [1.54, 1.807) is 26.4 Å².